The van der Waals surface area contributed by atoms with Crippen molar-refractivity contribution in [3.05, 3.63) is 71.3 Å². The highest BCUT2D eigenvalue weighted by molar-refractivity contribution is 6.03. The fraction of sp³-hybridized carbons (Fsp3) is 0.200. The molecule has 1 aliphatic carbocycles. The van der Waals surface area contributed by atoms with Crippen molar-refractivity contribution in [3.8, 4) is 11.1 Å². The van der Waals surface area contributed by atoms with Crippen molar-refractivity contribution >= 4 is 11.7 Å². The van der Waals surface area contributed by atoms with Gasteiger partial charge >= 0.3 is 0 Å². The van der Waals surface area contributed by atoms with Gasteiger partial charge in [0.05, 0.1) is 17.1 Å². The first kappa shape index (κ1) is 16.2. The summed E-state index contributed by atoms with van der Waals surface area (Å²) in [5.74, 6) is 0.396. The number of oxime groups is 1. The summed E-state index contributed by atoms with van der Waals surface area (Å²) in [6.45, 7) is 1.87. The van der Waals surface area contributed by atoms with Crippen molar-refractivity contribution in [3.63, 3.8) is 0 Å². The van der Waals surface area contributed by atoms with Gasteiger partial charge in [0.15, 0.2) is 0 Å². The Morgan fingerprint density at radius 3 is 2.62 bits per heavy atom. The number of nitrogens with two attached hydrogens (primary N) is 1. The van der Waals surface area contributed by atoms with E-state index in [2.05, 4.69) is 32.2 Å². The first-order valence-electron chi connectivity index (χ1n) is 8.51. The normalized spacial score (nSPS) is 17.9. The molecule has 26 heavy (non-hydrogen) atoms. The van der Waals surface area contributed by atoms with Crippen LogP contribution in [0.5, 0.6) is 0 Å². The lowest BCUT2D eigenvalue weighted by molar-refractivity contribution is 0.316. The van der Waals surface area contributed by atoms with Crippen molar-refractivity contribution in [2.45, 2.75) is 25.7 Å². The largest absolute Gasteiger partial charge is 0.411 e. The van der Waals surface area contributed by atoms with Gasteiger partial charge in [0.1, 0.15) is 0 Å². The SMILES string of the molecule is Cc1nc(N)nc2c1/C(=N/O)CC(c1ccccc1-c1ccncc1)C2. The van der Waals surface area contributed by atoms with E-state index in [9.17, 15) is 5.21 Å². The van der Waals surface area contributed by atoms with Crippen LogP contribution in [0.25, 0.3) is 11.1 Å². The van der Waals surface area contributed by atoms with Crippen molar-refractivity contribution in [1.29, 1.82) is 0 Å². The lowest BCUT2D eigenvalue weighted by atomic mass is 9.78. The molecule has 130 valence electrons. The summed E-state index contributed by atoms with van der Waals surface area (Å²) < 4.78 is 0. The van der Waals surface area contributed by atoms with Gasteiger partial charge in [-0.25, -0.2) is 9.97 Å². The lowest BCUT2D eigenvalue weighted by Crippen LogP contribution is -2.24. The first-order valence-corrected chi connectivity index (χ1v) is 8.51. The average molecular weight is 345 g/mol. The van der Waals surface area contributed by atoms with E-state index in [0.29, 0.717) is 12.1 Å². The Balaban J connectivity index is 1.82. The molecule has 1 unspecified atom stereocenters. The van der Waals surface area contributed by atoms with Crippen LogP contribution in [0.15, 0.2) is 53.9 Å². The number of fused-ring (bicyclic) bond motifs is 1. The van der Waals surface area contributed by atoms with Crippen LogP contribution in [0.4, 0.5) is 5.95 Å². The molecule has 0 saturated carbocycles. The van der Waals surface area contributed by atoms with Gasteiger partial charge in [-0.3, -0.25) is 4.98 Å². The maximum absolute atomic E-state index is 9.58. The van der Waals surface area contributed by atoms with Crippen LogP contribution in [-0.2, 0) is 6.42 Å². The van der Waals surface area contributed by atoms with Crippen LogP contribution >= 0.6 is 0 Å². The topological polar surface area (TPSA) is 97.3 Å². The van der Waals surface area contributed by atoms with Gasteiger partial charge in [0, 0.05) is 24.4 Å². The first-order chi connectivity index (χ1) is 12.7. The van der Waals surface area contributed by atoms with Gasteiger partial charge in [-0.05, 0) is 48.1 Å². The van der Waals surface area contributed by atoms with Crippen LogP contribution in [0.3, 0.4) is 0 Å². The molecule has 3 N–H and O–H groups in total. The zero-order chi connectivity index (χ0) is 18.1. The van der Waals surface area contributed by atoms with Gasteiger partial charge < -0.3 is 10.9 Å². The fourth-order valence-electron chi connectivity index (χ4n) is 3.78. The molecule has 0 spiro atoms. The summed E-state index contributed by atoms with van der Waals surface area (Å²) in [5, 5.41) is 13.1. The Morgan fingerprint density at radius 2 is 1.85 bits per heavy atom. The van der Waals surface area contributed by atoms with E-state index in [4.69, 9.17) is 5.73 Å². The van der Waals surface area contributed by atoms with Gasteiger partial charge in [-0.1, -0.05) is 29.4 Å². The van der Waals surface area contributed by atoms with Crippen molar-refractivity contribution in [2.24, 2.45) is 5.16 Å². The van der Waals surface area contributed by atoms with Gasteiger partial charge in [-0.2, -0.15) is 0 Å². The number of aromatic nitrogens is 3. The molecule has 1 atom stereocenters. The predicted octanol–water partition coefficient (Wildman–Crippen LogP) is 3.34. The van der Waals surface area contributed by atoms with E-state index in [0.717, 1.165) is 34.5 Å². The molecule has 4 rings (SSSR count). The molecule has 0 saturated heterocycles. The molecular weight excluding hydrogens is 326 g/mol. The molecule has 1 aromatic carbocycles. The molecule has 0 aliphatic heterocycles. The summed E-state index contributed by atoms with van der Waals surface area (Å²) in [7, 11) is 0. The number of hydrogen-bond acceptors (Lipinski definition) is 6. The van der Waals surface area contributed by atoms with Crippen LogP contribution in [0, 0.1) is 6.92 Å². The molecule has 0 fully saturated rings. The van der Waals surface area contributed by atoms with E-state index in [1.165, 1.54) is 5.56 Å². The van der Waals surface area contributed by atoms with E-state index in [-0.39, 0.29) is 11.9 Å². The Labute approximate surface area is 151 Å². The Bertz CT molecular complexity index is 985. The number of anilines is 1. The molecular formula is C20H19N5O. The molecule has 2 aromatic heterocycles. The predicted molar refractivity (Wildman–Crippen MR) is 100 cm³/mol. The second kappa shape index (κ2) is 6.55. The van der Waals surface area contributed by atoms with Crippen LogP contribution in [-0.4, -0.2) is 25.9 Å². The molecule has 0 amide bonds. The lowest BCUT2D eigenvalue weighted by Gasteiger charge is -2.27. The quantitative estimate of drug-likeness (QED) is 0.548. The third-order valence-corrected chi connectivity index (χ3v) is 4.86. The number of benzene rings is 1. The third-order valence-electron chi connectivity index (χ3n) is 4.86. The summed E-state index contributed by atoms with van der Waals surface area (Å²) in [5.41, 5.74) is 12.3. The monoisotopic (exact) mass is 345 g/mol. The highest BCUT2D eigenvalue weighted by Gasteiger charge is 2.30. The van der Waals surface area contributed by atoms with E-state index in [1.807, 2.05) is 31.2 Å². The average Bonchev–Trinajstić information content (AvgIpc) is 2.67. The molecule has 0 bridgehead atoms. The standard InChI is InChI=1S/C20H19N5O/c1-12-19-17(24-20(21)23-12)10-14(11-18(19)25-26)16-5-3-2-4-15(16)13-6-8-22-9-7-13/h2-9,14,26H,10-11H2,1H3,(H2,21,23,24)/b25-18+. The summed E-state index contributed by atoms with van der Waals surface area (Å²) in [6, 6.07) is 12.3. The second-order valence-electron chi connectivity index (χ2n) is 6.46. The number of rotatable bonds is 2. The van der Waals surface area contributed by atoms with Gasteiger partial charge in [-0.15, -0.1) is 0 Å². The smallest absolute Gasteiger partial charge is 0.220 e. The second-order valence-corrected chi connectivity index (χ2v) is 6.46. The van der Waals surface area contributed by atoms with Crippen LogP contribution < -0.4 is 5.73 Å². The van der Waals surface area contributed by atoms with E-state index >= 15 is 0 Å². The number of aryl methyl sites for hydroxylation is 1. The number of nitrogens with zero attached hydrogens (tertiary/aromatic N) is 4. The molecule has 3 aromatic rings. The third kappa shape index (κ3) is 2.79. The van der Waals surface area contributed by atoms with Crippen molar-refractivity contribution < 1.29 is 5.21 Å². The van der Waals surface area contributed by atoms with Gasteiger partial charge in [0.2, 0.25) is 5.95 Å². The summed E-state index contributed by atoms with van der Waals surface area (Å²) >= 11 is 0. The summed E-state index contributed by atoms with van der Waals surface area (Å²) in [4.78, 5) is 12.7. The fourth-order valence-corrected chi connectivity index (χ4v) is 3.78. The molecule has 2 heterocycles. The molecule has 0 radical (unpaired) electrons. The Kier molecular flexibility index (Phi) is 4.08. The molecule has 1 aliphatic rings. The van der Waals surface area contributed by atoms with Crippen molar-refractivity contribution in [2.75, 3.05) is 5.73 Å². The van der Waals surface area contributed by atoms with Gasteiger partial charge in [0.25, 0.3) is 0 Å². The maximum atomic E-state index is 9.58. The van der Waals surface area contributed by atoms with Crippen molar-refractivity contribution in [1.82, 2.24) is 15.0 Å². The minimum Gasteiger partial charge on any atom is -0.411 e. The highest BCUT2D eigenvalue weighted by atomic mass is 16.4. The summed E-state index contributed by atoms with van der Waals surface area (Å²) in [6.07, 6.45) is 4.93. The molecule has 6 nitrogen and oxygen atoms in total. The van der Waals surface area contributed by atoms with Crippen LogP contribution in [0.1, 0.15) is 34.9 Å². The number of pyridine rings is 1. The zero-order valence-electron chi connectivity index (χ0n) is 14.4. The Hall–Kier alpha value is -3.28. The zero-order valence-corrected chi connectivity index (χ0v) is 14.4. The van der Waals surface area contributed by atoms with E-state index < -0.39 is 0 Å². The minimum atomic E-state index is 0.145. The highest BCUT2D eigenvalue weighted by Crippen LogP contribution is 2.38. The minimum absolute atomic E-state index is 0.145. The van der Waals surface area contributed by atoms with E-state index in [1.54, 1.807) is 12.4 Å². The Morgan fingerprint density at radius 1 is 1.08 bits per heavy atom. The number of hydrogen-bond donors (Lipinski definition) is 2. The maximum Gasteiger partial charge on any atom is 0.220 e. The van der Waals surface area contributed by atoms with Crippen LogP contribution in [0.2, 0.25) is 0 Å². The molecule has 6 heteroatoms. The number of nitrogen functional groups attached to an aromatic ring is 1.